The number of ketones is 1. The number of H-pyrrole nitrogens is 1. The molecule has 0 bridgehead atoms. The van der Waals surface area contributed by atoms with Gasteiger partial charge in [0.2, 0.25) is 0 Å². The summed E-state index contributed by atoms with van der Waals surface area (Å²) in [6.07, 6.45) is 3.10. The van der Waals surface area contributed by atoms with Gasteiger partial charge in [0.15, 0.2) is 5.78 Å². The maximum absolute atomic E-state index is 11.7. The van der Waals surface area contributed by atoms with Crippen molar-refractivity contribution in [2.24, 2.45) is 0 Å². The Morgan fingerprint density at radius 3 is 3.00 bits per heavy atom. The first-order chi connectivity index (χ1) is 6.77. The minimum atomic E-state index is -0.0805. The van der Waals surface area contributed by atoms with Gasteiger partial charge in [0.05, 0.1) is 6.54 Å². The second-order valence-electron chi connectivity index (χ2n) is 3.45. The predicted molar refractivity (Wildman–Crippen MR) is 50.9 cm³/mol. The van der Waals surface area contributed by atoms with Gasteiger partial charge in [0, 0.05) is 19.2 Å². The molecule has 2 rings (SSSR count). The van der Waals surface area contributed by atoms with Crippen LogP contribution in [-0.4, -0.2) is 34.7 Å². The molecule has 1 aliphatic heterocycles. The van der Waals surface area contributed by atoms with Gasteiger partial charge in [0.1, 0.15) is 5.69 Å². The highest BCUT2D eigenvalue weighted by Gasteiger charge is 2.22. The molecule has 1 aromatic rings. The van der Waals surface area contributed by atoms with E-state index in [4.69, 9.17) is 0 Å². The molecule has 0 aromatic carbocycles. The third-order valence-electron chi connectivity index (χ3n) is 2.37. The van der Waals surface area contributed by atoms with Crippen LogP contribution in [0.4, 0.5) is 0 Å². The van der Waals surface area contributed by atoms with Crippen molar-refractivity contribution in [1.82, 2.24) is 9.88 Å². The first-order valence-electron chi connectivity index (χ1n) is 4.72. The number of likely N-dealkylation sites (tertiary alicyclic amines) is 1. The number of aromatic amines is 1. The molecular formula is C10H12N2O2. The van der Waals surface area contributed by atoms with Crippen LogP contribution in [0.1, 0.15) is 23.3 Å². The maximum Gasteiger partial charge on any atom is 0.270 e. The molecule has 0 aliphatic carbocycles. The van der Waals surface area contributed by atoms with Gasteiger partial charge in [-0.15, -0.1) is 0 Å². The van der Waals surface area contributed by atoms with E-state index in [0.29, 0.717) is 18.7 Å². The van der Waals surface area contributed by atoms with Crippen LogP contribution in [0.5, 0.6) is 0 Å². The van der Waals surface area contributed by atoms with Crippen LogP contribution in [0, 0.1) is 0 Å². The highest BCUT2D eigenvalue weighted by Crippen LogP contribution is 2.09. The molecule has 1 aromatic heterocycles. The number of Topliss-reactive ketones (excluding diaryl/α,β-unsaturated/α-hetero) is 1. The molecule has 74 valence electrons. The lowest BCUT2D eigenvalue weighted by Gasteiger charge is -2.25. The predicted octanol–water partition coefficient (Wildman–Crippen LogP) is 0.820. The number of rotatable bonds is 1. The SMILES string of the molecule is O=C1CCCN(C(=O)c2ccc[nH]2)C1. The zero-order valence-electron chi connectivity index (χ0n) is 7.82. The summed E-state index contributed by atoms with van der Waals surface area (Å²) < 4.78 is 0. The van der Waals surface area contributed by atoms with Gasteiger partial charge in [-0.1, -0.05) is 0 Å². The van der Waals surface area contributed by atoms with E-state index in [1.807, 2.05) is 0 Å². The van der Waals surface area contributed by atoms with E-state index in [0.717, 1.165) is 6.42 Å². The van der Waals surface area contributed by atoms with E-state index in [-0.39, 0.29) is 18.2 Å². The summed E-state index contributed by atoms with van der Waals surface area (Å²) in [5, 5.41) is 0. The molecule has 4 nitrogen and oxygen atoms in total. The lowest BCUT2D eigenvalue weighted by Crippen LogP contribution is -2.40. The topological polar surface area (TPSA) is 53.2 Å². The molecule has 1 N–H and O–H groups in total. The number of nitrogens with one attached hydrogen (secondary N) is 1. The van der Waals surface area contributed by atoms with E-state index in [9.17, 15) is 9.59 Å². The number of aromatic nitrogens is 1. The fraction of sp³-hybridized carbons (Fsp3) is 0.400. The van der Waals surface area contributed by atoms with Crippen molar-refractivity contribution in [2.45, 2.75) is 12.8 Å². The molecular weight excluding hydrogens is 180 g/mol. The molecule has 4 heteroatoms. The van der Waals surface area contributed by atoms with E-state index >= 15 is 0 Å². The third-order valence-corrected chi connectivity index (χ3v) is 2.37. The summed E-state index contributed by atoms with van der Waals surface area (Å²) in [6, 6.07) is 3.50. The van der Waals surface area contributed by atoms with Crippen LogP contribution in [0.15, 0.2) is 18.3 Å². The summed E-state index contributed by atoms with van der Waals surface area (Å²) in [4.78, 5) is 27.3. The number of nitrogens with zero attached hydrogens (tertiary/aromatic N) is 1. The Hall–Kier alpha value is -1.58. The van der Waals surface area contributed by atoms with Crippen molar-refractivity contribution in [3.05, 3.63) is 24.0 Å². The molecule has 1 saturated heterocycles. The van der Waals surface area contributed by atoms with E-state index < -0.39 is 0 Å². The number of carbonyl (C=O) groups excluding carboxylic acids is 2. The average Bonchev–Trinajstić information content (AvgIpc) is 2.69. The van der Waals surface area contributed by atoms with Crippen LogP contribution in [0.2, 0.25) is 0 Å². The van der Waals surface area contributed by atoms with E-state index in [2.05, 4.69) is 4.98 Å². The van der Waals surface area contributed by atoms with Gasteiger partial charge in [-0.05, 0) is 18.6 Å². The van der Waals surface area contributed by atoms with Crippen LogP contribution < -0.4 is 0 Å². The lowest BCUT2D eigenvalue weighted by molar-refractivity contribution is -0.121. The molecule has 0 spiro atoms. The number of amides is 1. The Morgan fingerprint density at radius 1 is 1.50 bits per heavy atom. The van der Waals surface area contributed by atoms with Crippen LogP contribution >= 0.6 is 0 Å². The van der Waals surface area contributed by atoms with Crippen LogP contribution in [0.25, 0.3) is 0 Å². The molecule has 1 aliphatic rings. The first kappa shape index (κ1) is 8.99. The fourth-order valence-electron chi connectivity index (χ4n) is 1.65. The maximum atomic E-state index is 11.7. The van der Waals surface area contributed by atoms with Gasteiger partial charge in [-0.3, -0.25) is 9.59 Å². The number of piperidine rings is 1. The van der Waals surface area contributed by atoms with Gasteiger partial charge >= 0.3 is 0 Å². The Balaban J connectivity index is 2.08. The normalized spacial score (nSPS) is 17.1. The molecule has 0 saturated carbocycles. The standard InChI is InChI=1S/C10H12N2O2/c13-8-3-2-6-12(7-8)10(14)9-4-1-5-11-9/h1,4-5,11H,2-3,6-7H2. The molecule has 1 fully saturated rings. The summed E-state index contributed by atoms with van der Waals surface area (Å²) in [6.45, 7) is 0.946. The Labute approximate surface area is 81.9 Å². The largest absolute Gasteiger partial charge is 0.357 e. The van der Waals surface area contributed by atoms with Crippen molar-refractivity contribution in [1.29, 1.82) is 0 Å². The summed E-state index contributed by atoms with van der Waals surface area (Å²) >= 11 is 0. The monoisotopic (exact) mass is 192 g/mol. The fourth-order valence-corrected chi connectivity index (χ4v) is 1.65. The minimum absolute atomic E-state index is 0.0805. The van der Waals surface area contributed by atoms with Gasteiger partial charge in [-0.25, -0.2) is 0 Å². The quantitative estimate of drug-likeness (QED) is 0.716. The number of carbonyl (C=O) groups is 2. The second-order valence-corrected chi connectivity index (χ2v) is 3.45. The summed E-state index contributed by atoms with van der Waals surface area (Å²) in [5.41, 5.74) is 0.555. The molecule has 0 radical (unpaired) electrons. The summed E-state index contributed by atoms with van der Waals surface area (Å²) in [5.74, 6) is 0.0687. The first-order valence-corrected chi connectivity index (χ1v) is 4.72. The Kier molecular flexibility index (Phi) is 2.35. The number of hydrogen-bond donors (Lipinski definition) is 1. The zero-order chi connectivity index (χ0) is 9.97. The van der Waals surface area contributed by atoms with Crippen molar-refractivity contribution in [3.63, 3.8) is 0 Å². The summed E-state index contributed by atoms with van der Waals surface area (Å²) in [7, 11) is 0. The Bertz CT molecular complexity index is 343. The van der Waals surface area contributed by atoms with Gasteiger partial charge in [0.25, 0.3) is 5.91 Å². The van der Waals surface area contributed by atoms with E-state index in [1.165, 1.54) is 0 Å². The minimum Gasteiger partial charge on any atom is -0.357 e. The molecule has 0 unspecified atom stereocenters. The average molecular weight is 192 g/mol. The molecule has 14 heavy (non-hydrogen) atoms. The Morgan fingerprint density at radius 2 is 2.36 bits per heavy atom. The third kappa shape index (κ3) is 1.69. The van der Waals surface area contributed by atoms with Crippen molar-refractivity contribution < 1.29 is 9.59 Å². The van der Waals surface area contributed by atoms with Crippen molar-refractivity contribution in [2.75, 3.05) is 13.1 Å². The smallest absolute Gasteiger partial charge is 0.270 e. The van der Waals surface area contributed by atoms with Gasteiger partial charge < -0.3 is 9.88 Å². The van der Waals surface area contributed by atoms with Crippen molar-refractivity contribution in [3.8, 4) is 0 Å². The van der Waals surface area contributed by atoms with Gasteiger partial charge in [-0.2, -0.15) is 0 Å². The lowest BCUT2D eigenvalue weighted by atomic mass is 10.1. The number of hydrogen-bond acceptors (Lipinski definition) is 2. The van der Waals surface area contributed by atoms with Crippen LogP contribution in [-0.2, 0) is 4.79 Å². The highest BCUT2D eigenvalue weighted by atomic mass is 16.2. The highest BCUT2D eigenvalue weighted by molar-refractivity contribution is 5.95. The molecule has 0 atom stereocenters. The molecule has 1 amide bonds. The second kappa shape index (κ2) is 3.65. The van der Waals surface area contributed by atoms with Crippen molar-refractivity contribution >= 4 is 11.7 Å². The van der Waals surface area contributed by atoms with E-state index in [1.54, 1.807) is 23.2 Å². The zero-order valence-corrected chi connectivity index (χ0v) is 7.82. The van der Waals surface area contributed by atoms with Crippen LogP contribution in [0.3, 0.4) is 0 Å². The molecule has 2 heterocycles.